The highest BCUT2D eigenvalue weighted by atomic mass is 32.2. The minimum atomic E-state index is 0.0132. The van der Waals surface area contributed by atoms with E-state index in [0.29, 0.717) is 10.6 Å². The van der Waals surface area contributed by atoms with Gasteiger partial charge in [-0.1, -0.05) is 61.0 Å². The average Bonchev–Trinajstić information content (AvgIpc) is 3.00. The molecule has 2 aromatic carbocycles. The smallest absolute Gasteiger partial charge is 0.241 e. The third-order valence-corrected chi connectivity index (χ3v) is 7.57. The maximum absolute atomic E-state index is 13.6. The number of anilines is 2. The predicted molar refractivity (Wildman–Crippen MR) is 133 cm³/mol. The molecule has 0 N–H and O–H groups in total. The summed E-state index contributed by atoms with van der Waals surface area (Å²) in [6.45, 7) is 0. The Morgan fingerprint density at radius 1 is 0.879 bits per heavy atom. The van der Waals surface area contributed by atoms with Gasteiger partial charge in [0, 0.05) is 5.69 Å². The van der Waals surface area contributed by atoms with Crippen molar-refractivity contribution in [1.82, 2.24) is 4.98 Å². The molecule has 0 atom stereocenters. The molecule has 2 aliphatic rings. The van der Waals surface area contributed by atoms with Crippen LogP contribution in [0.1, 0.15) is 53.6 Å². The molecule has 0 spiro atoms. The van der Waals surface area contributed by atoms with Gasteiger partial charge in [-0.25, -0.2) is 4.98 Å². The van der Waals surface area contributed by atoms with E-state index in [9.17, 15) is 10.1 Å². The van der Waals surface area contributed by atoms with Crippen molar-refractivity contribution in [3.05, 3.63) is 82.5 Å². The number of hydrogen-bond acceptors (Lipinski definition) is 4. The normalized spacial score (nSPS) is 15.2. The molecule has 0 saturated heterocycles. The molecule has 166 valence electrons. The molecule has 1 aromatic heterocycles. The van der Waals surface area contributed by atoms with Crippen LogP contribution in [0.2, 0.25) is 0 Å². The summed E-state index contributed by atoms with van der Waals surface area (Å²) >= 11 is 1.39. The minimum absolute atomic E-state index is 0.0132. The van der Waals surface area contributed by atoms with E-state index in [1.165, 1.54) is 41.3 Å². The summed E-state index contributed by atoms with van der Waals surface area (Å²) in [5.41, 5.74) is 7.18. The van der Waals surface area contributed by atoms with Crippen molar-refractivity contribution >= 4 is 29.0 Å². The Balaban J connectivity index is 1.44. The SMILES string of the molecule is N#Cc1cc2c(nc1SCC(=O)N1c3ccccc3CCc3ccccc31)CCCCCC2. The molecule has 2 heterocycles. The fourth-order valence-electron chi connectivity index (χ4n) is 4.90. The van der Waals surface area contributed by atoms with Gasteiger partial charge < -0.3 is 0 Å². The lowest BCUT2D eigenvalue weighted by Crippen LogP contribution is -2.28. The molecule has 5 heteroatoms. The van der Waals surface area contributed by atoms with Crippen LogP contribution in [0.15, 0.2) is 59.6 Å². The van der Waals surface area contributed by atoms with Gasteiger partial charge >= 0.3 is 0 Å². The zero-order valence-electron chi connectivity index (χ0n) is 18.7. The monoisotopic (exact) mass is 453 g/mol. The maximum Gasteiger partial charge on any atom is 0.241 e. The van der Waals surface area contributed by atoms with Crippen molar-refractivity contribution < 1.29 is 4.79 Å². The van der Waals surface area contributed by atoms with E-state index in [1.54, 1.807) is 0 Å². The number of pyridine rings is 1. The number of hydrogen-bond donors (Lipinski definition) is 0. The molecule has 1 aliphatic carbocycles. The Labute approximate surface area is 199 Å². The summed E-state index contributed by atoms with van der Waals surface area (Å²) in [5.74, 6) is 0.252. The second kappa shape index (κ2) is 9.80. The summed E-state index contributed by atoms with van der Waals surface area (Å²) in [6, 6.07) is 20.7. The number of carbonyl (C=O) groups excluding carboxylic acids is 1. The number of thioether (sulfide) groups is 1. The van der Waals surface area contributed by atoms with Gasteiger partial charge in [-0.05, 0) is 73.4 Å². The second-order valence-corrected chi connectivity index (χ2v) is 9.71. The van der Waals surface area contributed by atoms with Crippen LogP contribution in [0.25, 0.3) is 0 Å². The fraction of sp³-hybridized carbons (Fsp3) is 0.321. The maximum atomic E-state index is 13.6. The number of fused-ring (bicyclic) bond motifs is 3. The van der Waals surface area contributed by atoms with Gasteiger partial charge in [-0.3, -0.25) is 9.69 Å². The summed E-state index contributed by atoms with van der Waals surface area (Å²) in [6.07, 6.45) is 8.53. The lowest BCUT2D eigenvalue weighted by atomic mass is 9.96. The lowest BCUT2D eigenvalue weighted by molar-refractivity contribution is -0.115. The molecule has 5 rings (SSSR count). The van der Waals surface area contributed by atoms with Crippen LogP contribution in [-0.2, 0) is 30.5 Å². The molecule has 4 nitrogen and oxygen atoms in total. The third kappa shape index (κ3) is 4.54. The Kier molecular flexibility index (Phi) is 6.46. The first kappa shape index (κ1) is 21.7. The number of rotatable bonds is 3. The number of para-hydroxylation sites is 2. The topological polar surface area (TPSA) is 57.0 Å². The quantitative estimate of drug-likeness (QED) is 0.445. The zero-order valence-corrected chi connectivity index (χ0v) is 19.5. The van der Waals surface area contributed by atoms with Crippen molar-refractivity contribution in [1.29, 1.82) is 5.26 Å². The molecule has 3 aromatic rings. The molecule has 0 saturated carbocycles. The van der Waals surface area contributed by atoms with Crippen molar-refractivity contribution in [3.63, 3.8) is 0 Å². The van der Waals surface area contributed by atoms with E-state index in [4.69, 9.17) is 4.98 Å². The number of nitriles is 1. The van der Waals surface area contributed by atoms with E-state index in [-0.39, 0.29) is 11.7 Å². The van der Waals surface area contributed by atoms with Crippen LogP contribution in [0.4, 0.5) is 11.4 Å². The first-order valence-corrected chi connectivity index (χ1v) is 12.8. The van der Waals surface area contributed by atoms with Gasteiger partial charge in [0.1, 0.15) is 11.1 Å². The van der Waals surface area contributed by atoms with Gasteiger partial charge in [-0.2, -0.15) is 5.26 Å². The zero-order chi connectivity index (χ0) is 22.6. The van der Waals surface area contributed by atoms with Gasteiger partial charge in [0.25, 0.3) is 0 Å². The van der Waals surface area contributed by atoms with E-state index >= 15 is 0 Å². The molecule has 1 aliphatic heterocycles. The number of aromatic nitrogens is 1. The number of benzene rings is 2. The van der Waals surface area contributed by atoms with Gasteiger partial charge in [-0.15, -0.1) is 0 Å². The highest BCUT2D eigenvalue weighted by Crippen LogP contribution is 2.37. The van der Waals surface area contributed by atoms with Crippen LogP contribution in [-0.4, -0.2) is 16.6 Å². The minimum Gasteiger partial charge on any atom is -0.280 e. The highest BCUT2D eigenvalue weighted by molar-refractivity contribution is 8.00. The third-order valence-electron chi connectivity index (χ3n) is 6.60. The van der Waals surface area contributed by atoms with Crippen LogP contribution in [0.5, 0.6) is 0 Å². The largest absolute Gasteiger partial charge is 0.280 e. The van der Waals surface area contributed by atoms with Crippen molar-refractivity contribution in [2.75, 3.05) is 10.7 Å². The summed E-state index contributed by atoms with van der Waals surface area (Å²) in [5, 5.41) is 10.4. The molecule has 0 radical (unpaired) electrons. The standard InChI is InChI=1S/C28H27N3OS/c29-18-23-17-22-11-3-1-2-4-12-24(22)30-28(23)33-19-27(32)31-25-13-7-5-9-20(25)15-16-21-10-6-8-14-26(21)31/h5-10,13-14,17H,1-4,11-12,15-16,19H2. The Bertz CT molecular complexity index is 1180. The van der Waals surface area contributed by atoms with Crippen molar-refractivity contribution in [2.24, 2.45) is 0 Å². The lowest BCUT2D eigenvalue weighted by Gasteiger charge is -2.25. The van der Waals surface area contributed by atoms with Crippen LogP contribution >= 0.6 is 11.8 Å². The van der Waals surface area contributed by atoms with Crippen LogP contribution in [0.3, 0.4) is 0 Å². The molecular weight excluding hydrogens is 426 g/mol. The van der Waals surface area contributed by atoms with Crippen molar-refractivity contribution in [3.8, 4) is 6.07 Å². The number of nitrogens with zero attached hydrogens (tertiary/aromatic N) is 3. The second-order valence-electron chi connectivity index (χ2n) is 8.75. The average molecular weight is 454 g/mol. The van der Waals surface area contributed by atoms with E-state index < -0.39 is 0 Å². The van der Waals surface area contributed by atoms with Crippen molar-refractivity contribution in [2.45, 2.75) is 56.4 Å². The van der Waals surface area contributed by atoms with E-state index in [2.05, 4.69) is 18.2 Å². The number of aryl methyl sites for hydroxylation is 4. The summed E-state index contributed by atoms with van der Waals surface area (Å²) in [4.78, 5) is 20.4. The number of amides is 1. The molecule has 0 bridgehead atoms. The molecule has 1 amide bonds. The van der Waals surface area contributed by atoms with Gasteiger partial charge in [0.2, 0.25) is 5.91 Å². The Hall–Kier alpha value is -3.10. The van der Waals surface area contributed by atoms with E-state index in [1.807, 2.05) is 47.4 Å². The Morgan fingerprint density at radius 2 is 1.52 bits per heavy atom. The van der Waals surface area contributed by atoms with Gasteiger partial charge in [0.05, 0.1) is 22.7 Å². The first-order chi connectivity index (χ1) is 16.2. The summed E-state index contributed by atoms with van der Waals surface area (Å²) < 4.78 is 0. The van der Waals surface area contributed by atoms with Gasteiger partial charge in [0.15, 0.2) is 0 Å². The highest BCUT2D eigenvalue weighted by Gasteiger charge is 2.26. The number of carbonyl (C=O) groups is 1. The molecule has 0 unspecified atom stereocenters. The molecule has 33 heavy (non-hydrogen) atoms. The van der Waals surface area contributed by atoms with Crippen LogP contribution < -0.4 is 4.90 Å². The molecule has 0 fully saturated rings. The van der Waals surface area contributed by atoms with Crippen LogP contribution in [0, 0.1) is 11.3 Å². The molecular formula is C28H27N3OS. The fourth-order valence-corrected chi connectivity index (χ4v) is 5.73. The first-order valence-electron chi connectivity index (χ1n) is 11.8. The summed E-state index contributed by atoms with van der Waals surface area (Å²) in [7, 11) is 0. The Morgan fingerprint density at radius 3 is 2.18 bits per heavy atom. The van der Waals surface area contributed by atoms with E-state index in [0.717, 1.165) is 55.6 Å². The predicted octanol–water partition coefficient (Wildman–Crippen LogP) is 6.17.